The Morgan fingerprint density at radius 3 is 2.75 bits per heavy atom. The predicted molar refractivity (Wildman–Crippen MR) is 57.7 cm³/mol. The number of rotatable bonds is 2. The molecular formula is C11H11F2N3. The monoisotopic (exact) mass is 223 g/mol. The van der Waals surface area contributed by atoms with E-state index < -0.39 is 11.6 Å². The lowest BCUT2D eigenvalue weighted by molar-refractivity contribution is 0.511. The van der Waals surface area contributed by atoms with E-state index in [1.165, 1.54) is 18.5 Å². The number of imidazole rings is 1. The lowest BCUT2D eigenvalue weighted by atomic mass is 10.1. The van der Waals surface area contributed by atoms with E-state index in [1.54, 1.807) is 4.57 Å². The topological polar surface area (TPSA) is 43.8 Å². The second-order valence-electron chi connectivity index (χ2n) is 3.37. The van der Waals surface area contributed by atoms with Crippen molar-refractivity contribution < 1.29 is 8.78 Å². The maximum Gasteiger partial charge on any atom is 0.168 e. The molecule has 2 N–H and O–H groups in total. The molecular weight excluding hydrogens is 212 g/mol. The highest BCUT2D eigenvalue weighted by Crippen LogP contribution is 2.27. The van der Waals surface area contributed by atoms with Gasteiger partial charge in [0.25, 0.3) is 0 Å². The van der Waals surface area contributed by atoms with Crippen molar-refractivity contribution in [2.24, 2.45) is 0 Å². The molecule has 0 bridgehead atoms. The second kappa shape index (κ2) is 3.92. The van der Waals surface area contributed by atoms with Crippen LogP contribution in [0.25, 0.3) is 11.3 Å². The molecule has 0 aliphatic rings. The zero-order chi connectivity index (χ0) is 11.7. The van der Waals surface area contributed by atoms with Crippen LogP contribution in [0.2, 0.25) is 0 Å². The normalized spacial score (nSPS) is 10.7. The SMILES string of the molecule is CCn1cnc(-c2cccc(F)c2F)c1N. The smallest absolute Gasteiger partial charge is 0.168 e. The number of aromatic nitrogens is 2. The number of nitrogens with two attached hydrogens (primary N) is 1. The molecule has 1 aromatic heterocycles. The van der Waals surface area contributed by atoms with E-state index in [4.69, 9.17) is 5.73 Å². The van der Waals surface area contributed by atoms with Crippen molar-refractivity contribution in [1.29, 1.82) is 0 Å². The fourth-order valence-corrected chi connectivity index (χ4v) is 1.54. The molecule has 0 atom stereocenters. The lowest BCUT2D eigenvalue weighted by Gasteiger charge is -2.03. The van der Waals surface area contributed by atoms with Crippen LogP contribution in [0.1, 0.15) is 6.92 Å². The van der Waals surface area contributed by atoms with E-state index in [-0.39, 0.29) is 11.3 Å². The van der Waals surface area contributed by atoms with Crippen molar-refractivity contribution in [2.75, 3.05) is 5.73 Å². The lowest BCUT2D eigenvalue weighted by Crippen LogP contribution is -2.00. The van der Waals surface area contributed by atoms with Crippen LogP contribution in [0.3, 0.4) is 0 Å². The fourth-order valence-electron chi connectivity index (χ4n) is 1.54. The third-order valence-electron chi connectivity index (χ3n) is 2.43. The summed E-state index contributed by atoms with van der Waals surface area (Å²) in [4.78, 5) is 3.99. The molecule has 0 saturated heterocycles. The van der Waals surface area contributed by atoms with E-state index in [9.17, 15) is 8.78 Å². The summed E-state index contributed by atoms with van der Waals surface area (Å²) in [5.41, 5.74) is 6.14. The quantitative estimate of drug-likeness (QED) is 0.849. The van der Waals surface area contributed by atoms with Crippen molar-refractivity contribution in [1.82, 2.24) is 9.55 Å². The molecule has 16 heavy (non-hydrogen) atoms. The highest BCUT2D eigenvalue weighted by Gasteiger charge is 2.15. The van der Waals surface area contributed by atoms with E-state index in [1.807, 2.05) is 6.92 Å². The number of hydrogen-bond acceptors (Lipinski definition) is 2. The third kappa shape index (κ3) is 1.54. The van der Waals surface area contributed by atoms with Crippen LogP contribution in [0.5, 0.6) is 0 Å². The maximum atomic E-state index is 13.5. The number of nitrogens with zero attached hydrogens (tertiary/aromatic N) is 2. The summed E-state index contributed by atoms with van der Waals surface area (Å²) in [6, 6.07) is 3.95. The number of benzene rings is 1. The number of anilines is 1. The maximum absolute atomic E-state index is 13.5. The van der Waals surface area contributed by atoms with Crippen molar-refractivity contribution in [2.45, 2.75) is 13.5 Å². The van der Waals surface area contributed by atoms with Gasteiger partial charge in [0, 0.05) is 12.1 Å². The van der Waals surface area contributed by atoms with Crippen LogP contribution in [-0.4, -0.2) is 9.55 Å². The zero-order valence-electron chi connectivity index (χ0n) is 8.74. The highest BCUT2D eigenvalue weighted by atomic mass is 19.2. The Hall–Kier alpha value is -1.91. The molecule has 0 unspecified atom stereocenters. The summed E-state index contributed by atoms with van der Waals surface area (Å²) in [6.45, 7) is 2.53. The summed E-state index contributed by atoms with van der Waals surface area (Å²) in [7, 11) is 0. The van der Waals surface area contributed by atoms with Gasteiger partial charge in [-0.15, -0.1) is 0 Å². The molecule has 0 amide bonds. The van der Waals surface area contributed by atoms with Gasteiger partial charge in [-0.25, -0.2) is 13.8 Å². The van der Waals surface area contributed by atoms with Crippen molar-refractivity contribution in [3.8, 4) is 11.3 Å². The Morgan fingerprint density at radius 1 is 1.38 bits per heavy atom. The molecule has 2 aromatic rings. The van der Waals surface area contributed by atoms with Crippen molar-refractivity contribution in [3.63, 3.8) is 0 Å². The fraction of sp³-hybridized carbons (Fsp3) is 0.182. The van der Waals surface area contributed by atoms with Gasteiger partial charge in [0.2, 0.25) is 0 Å². The molecule has 84 valence electrons. The standard InChI is InChI=1S/C11H11F2N3/c1-2-16-6-15-10(11(16)14)7-4-3-5-8(12)9(7)13/h3-6H,2,14H2,1H3. The van der Waals surface area contributed by atoms with E-state index >= 15 is 0 Å². The molecule has 0 spiro atoms. The van der Waals surface area contributed by atoms with E-state index in [0.29, 0.717) is 12.4 Å². The summed E-state index contributed by atoms with van der Waals surface area (Å²) in [6.07, 6.45) is 1.51. The molecule has 2 rings (SSSR count). The van der Waals surface area contributed by atoms with Gasteiger partial charge >= 0.3 is 0 Å². The summed E-state index contributed by atoms with van der Waals surface area (Å²) >= 11 is 0. The number of nitrogen functional groups attached to an aromatic ring is 1. The molecule has 0 fully saturated rings. The molecule has 1 aromatic carbocycles. The summed E-state index contributed by atoms with van der Waals surface area (Å²) in [5, 5.41) is 0. The van der Waals surface area contributed by atoms with Gasteiger partial charge in [0.05, 0.1) is 6.33 Å². The minimum absolute atomic E-state index is 0.0877. The second-order valence-corrected chi connectivity index (χ2v) is 3.37. The highest BCUT2D eigenvalue weighted by molar-refractivity contribution is 5.70. The van der Waals surface area contributed by atoms with Crippen LogP contribution in [0.15, 0.2) is 24.5 Å². The van der Waals surface area contributed by atoms with Crippen LogP contribution in [0.4, 0.5) is 14.6 Å². The van der Waals surface area contributed by atoms with Crippen LogP contribution < -0.4 is 5.73 Å². The van der Waals surface area contributed by atoms with Crippen LogP contribution >= 0.6 is 0 Å². The molecule has 0 aliphatic carbocycles. The van der Waals surface area contributed by atoms with Gasteiger partial charge in [-0.05, 0) is 19.1 Å². The Bertz CT molecular complexity index is 520. The minimum Gasteiger partial charge on any atom is -0.383 e. The number of aryl methyl sites for hydroxylation is 1. The predicted octanol–water partition coefficient (Wildman–Crippen LogP) is 2.43. The molecule has 0 aliphatic heterocycles. The molecule has 5 heteroatoms. The van der Waals surface area contributed by atoms with Gasteiger partial charge in [0.15, 0.2) is 11.6 Å². The Morgan fingerprint density at radius 2 is 2.12 bits per heavy atom. The third-order valence-corrected chi connectivity index (χ3v) is 2.43. The van der Waals surface area contributed by atoms with Gasteiger partial charge in [-0.1, -0.05) is 6.07 Å². The Balaban J connectivity index is 2.59. The molecule has 0 radical (unpaired) electrons. The largest absolute Gasteiger partial charge is 0.383 e. The first-order chi connectivity index (χ1) is 7.65. The first-order valence-electron chi connectivity index (χ1n) is 4.90. The average Bonchev–Trinajstić information content (AvgIpc) is 2.64. The number of halogens is 2. The van der Waals surface area contributed by atoms with Crippen molar-refractivity contribution >= 4 is 5.82 Å². The van der Waals surface area contributed by atoms with Gasteiger partial charge < -0.3 is 10.3 Å². The molecule has 0 saturated carbocycles. The van der Waals surface area contributed by atoms with Gasteiger partial charge in [0.1, 0.15) is 11.5 Å². The molecule has 3 nitrogen and oxygen atoms in total. The van der Waals surface area contributed by atoms with E-state index in [0.717, 1.165) is 6.07 Å². The van der Waals surface area contributed by atoms with Crippen LogP contribution in [0, 0.1) is 11.6 Å². The first kappa shape index (κ1) is 10.6. The van der Waals surface area contributed by atoms with Crippen molar-refractivity contribution in [3.05, 3.63) is 36.2 Å². The Kier molecular flexibility index (Phi) is 2.60. The van der Waals surface area contributed by atoms with Gasteiger partial charge in [-0.3, -0.25) is 0 Å². The van der Waals surface area contributed by atoms with E-state index in [2.05, 4.69) is 4.98 Å². The molecule has 1 heterocycles. The Labute approximate surface area is 91.5 Å². The summed E-state index contributed by atoms with van der Waals surface area (Å²) in [5.74, 6) is -1.48. The number of hydrogen-bond donors (Lipinski definition) is 1. The first-order valence-corrected chi connectivity index (χ1v) is 4.90. The zero-order valence-corrected chi connectivity index (χ0v) is 8.74. The summed E-state index contributed by atoms with van der Waals surface area (Å²) < 4.78 is 28.2. The van der Waals surface area contributed by atoms with Gasteiger partial charge in [-0.2, -0.15) is 0 Å². The average molecular weight is 223 g/mol. The van der Waals surface area contributed by atoms with Crippen LogP contribution in [-0.2, 0) is 6.54 Å². The minimum atomic E-state index is -0.921.